The van der Waals surface area contributed by atoms with Crippen LogP contribution in [0.4, 0.5) is 5.69 Å². The van der Waals surface area contributed by atoms with Crippen molar-refractivity contribution in [2.45, 2.75) is 39.0 Å². The Morgan fingerprint density at radius 3 is 2.24 bits per heavy atom. The molecule has 2 fully saturated rings. The molecule has 1 heterocycles. The molecule has 156 valence electrons. The van der Waals surface area contributed by atoms with Crippen LogP contribution in [0.25, 0.3) is 0 Å². The van der Waals surface area contributed by atoms with Crippen molar-refractivity contribution in [1.29, 1.82) is 0 Å². The molecule has 1 saturated carbocycles. The van der Waals surface area contributed by atoms with E-state index in [1.54, 1.807) is 24.3 Å². The lowest BCUT2D eigenvalue weighted by molar-refractivity contribution is -0.140. The van der Waals surface area contributed by atoms with E-state index in [1.807, 2.05) is 6.92 Å². The maximum Gasteiger partial charge on any atom is 0.243 e. The summed E-state index contributed by atoms with van der Waals surface area (Å²) >= 11 is 0. The first-order valence-corrected chi connectivity index (χ1v) is 10.1. The molecule has 2 N–H and O–H groups in total. The number of nitrogens with one attached hydrogen (secondary N) is 2. The number of hydrogen-bond acceptors (Lipinski definition) is 5. The Balaban J connectivity index is 1.40. The number of likely N-dealkylation sites (tertiary alicyclic amines) is 1. The van der Waals surface area contributed by atoms with Gasteiger partial charge in [-0.3, -0.25) is 24.1 Å². The van der Waals surface area contributed by atoms with Crippen molar-refractivity contribution < 1.29 is 23.9 Å². The summed E-state index contributed by atoms with van der Waals surface area (Å²) in [6.45, 7) is 2.34. The van der Waals surface area contributed by atoms with E-state index in [9.17, 15) is 19.2 Å². The molecule has 2 atom stereocenters. The zero-order valence-electron chi connectivity index (χ0n) is 16.6. The number of nitrogens with zero attached hydrogens (tertiary/aromatic N) is 1. The molecule has 1 aliphatic heterocycles. The lowest BCUT2D eigenvalue weighted by Crippen LogP contribution is -2.37. The van der Waals surface area contributed by atoms with Gasteiger partial charge in [0, 0.05) is 18.7 Å². The summed E-state index contributed by atoms with van der Waals surface area (Å²) in [7, 11) is 0. The van der Waals surface area contributed by atoms with Crippen LogP contribution in [-0.2, 0) is 19.2 Å². The van der Waals surface area contributed by atoms with Gasteiger partial charge in [-0.25, -0.2) is 0 Å². The Bertz CT molecular complexity index is 753. The number of carbonyl (C=O) groups is 4. The molecule has 1 aromatic carbocycles. The molecule has 29 heavy (non-hydrogen) atoms. The Kier molecular flexibility index (Phi) is 6.85. The Morgan fingerprint density at radius 2 is 1.66 bits per heavy atom. The van der Waals surface area contributed by atoms with Gasteiger partial charge in [0.25, 0.3) is 0 Å². The molecular formula is C21H27N3O5. The topological polar surface area (TPSA) is 105 Å². The predicted octanol–water partition coefficient (Wildman–Crippen LogP) is 1.71. The van der Waals surface area contributed by atoms with E-state index in [0.717, 1.165) is 25.7 Å². The van der Waals surface area contributed by atoms with Crippen LogP contribution in [0.1, 0.15) is 39.0 Å². The van der Waals surface area contributed by atoms with Crippen molar-refractivity contribution in [3.05, 3.63) is 24.3 Å². The minimum Gasteiger partial charge on any atom is -0.494 e. The predicted molar refractivity (Wildman–Crippen MR) is 106 cm³/mol. The minimum atomic E-state index is -0.373. The van der Waals surface area contributed by atoms with Crippen LogP contribution in [0.15, 0.2) is 24.3 Å². The van der Waals surface area contributed by atoms with Gasteiger partial charge in [0.1, 0.15) is 5.75 Å². The van der Waals surface area contributed by atoms with Crippen LogP contribution in [0.3, 0.4) is 0 Å². The smallest absolute Gasteiger partial charge is 0.243 e. The van der Waals surface area contributed by atoms with Crippen LogP contribution < -0.4 is 15.4 Å². The molecule has 0 radical (unpaired) electrons. The van der Waals surface area contributed by atoms with Gasteiger partial charge in [0.2, 0.25) is 23.6 Å². The van der Waals surface area contributed by atoms with Crippen molar-refractivity contribution >= 4 is 29.3 Å². The summed E-state index contributed by atoms with van der Waals surface area (Å²) in [5.41, 5.74) is 0.601. The molecule has 8 heteroatoms. The SMILES string of the molecule is CCOc1ccc(NC(=O)CNC(=O)CCN2C(=O)C3CCCCC3C2=O)cc1. The monoisotopic (exact) mass is 401 g/mol. The number of carbonyl (C=O) groups excluding carboxylic acids is 4. The maximum absolute atomic E-state index is 12.4. The molecule has 1 saturated heterocycles. The lowest BCUT2D eigenvalue weighted by atomic mass is 9.81. The summed E-state index contributed by atoms with van der Waals surface area (Å²) in [6.07, 6.45) is 3.44. The Labute approximate surface area is 170 Å². The van der Waals surface area contributed by atoms with Crippen molar-refractivity contribution in [3.63, 3.8) is 0 Å². The highest BCUT2D eigenvalue weighted by Gasteiger charge is 2.47. The summed E-state index contributed by atoms with van der Waals surface area (Å²) in [5.74, 6) is -0.742. The first kappa shape index (κ1) is 20.8. The zero-order valence-corrected chi connectivity index (χ0v) is 16.6. The van der Waals surface area contributed by atoms with Gasteiger partial charge in [0.05, 0.1) is 25.0 Å². The second-order valence-corrected chi connectivity index (χ2v) is 7.36. The van der Waals surface area contributed by atoms with E-state index in [0.29, 0.717) is 18.0 Å². The van der Waals surface area contributed by atoms with Crippen molar-refractivity contribution in [2.24, 2.45) is 11.8 Å². The number of hydrogen-bond donors (Lipinski definition) is 2. The summed E-state index contributed by atoms with van der Waals surface area (Å²) < 4.78 is 5.34. The van der Waals surface area contributed by atoms with Crippen molar-refractivity contribution in [2.75, 3.05) is 25.0 Å². The van der Waals surface area contributed by atoms with Gasteiger partial charge in [-0.2, -0.15) is 0 Å². The third kappa shape index (κ3) is 5.13. The number of anilines is 1. The number of amides is 4. The fraction of sp³-hybridized carbons (Fsp3) is 0.524. The van der Waals surface area contributed by atoms with Gasteiger partial charge in [-0.1, -0.05) is 12.8 Å². The first-order chi connectivity index (χ1) is 14.0. The summed E-state index contributed by atoms with van der Waals surface area (Å²) in [6, 6.07) is 6.93. The highest BCUT2D eigenvalue weighted by Crippen LogP contribution is 2.37. The van der Waals surface area contributed by atoms with Gasteiger partial charge in [-0.05, 0) is 44.0 Å². The Morgan fingerprint density at radius 1 is 1.03 bits per heavy atom. The van der Waals surface area contributed by atoms with Crippen LogP contribution in [0.2, 0.25) is 0 Å². The molecule has 2 unspecified atom stereocenters. The van der Waals surface area contributed by atoms with Gasteiger partial charge < -0.3 is 15.4 Å². The highest BCUT2D eigenvalue weighted by molar-refractivity contribution is 6.05. The molecule has 3 rings (SSSR count). The van der Waals surface area contributed by atoms with Gasteiger partial charge in [0.15, 0.2) is 0 Å². The molecule has 0 spiro atoms. The number of ether oxygens (including phenoxy) is 1. The highest BCUT2D eigenvalue weighted by atomic mass is 16.5. The van der Waals surface area contributed by atoms with Crippen LogP contribution in [-0.4, -0.2) is 48.2 Å². The molecule has 1 aromatic rings. The molecule has 0 aromatic heterocycles. The van der Waals surface area contributed by atoms with E-state index < -0.39 is 0 Å². The van der Waals surface area contributed by atoms with E-state index >= 15 is 0 Å². The first-order valence-electron chi connectivity index (χ1n) is 10.1. The largest absolute Gasteiger partial charge is 0.494 e. The molecule has 0 bridgehead atoms. The molecule has 4 amide bonds. The third-order valence-corrected chi connectivity index (χ3v) is 5.39. The molecule has 2 aliphatic rings. The van der Waals surface area contributed by atoms with E-state index in [1.165, 1.54) is 4.90 Å². The average molecular weight is 401 g/mol. The van der Waals surface area contributed by atoms with Crippen molar-refractivity contribution in [1.82, 2.24) is 10.2 Å². The van der Waals surface area contributed by atoms with Crippen molar-refractivity contribution in [3.8, 4) is 5.75 Å². The number of imide groups is 1. The number of fused-ring (bicyclic) bond motifs is 1. The zero-order chi connectivity index (χ0) is 20.8. The lowest BCUT2D eigenvalue weighted by Gasteiger charge is -2.19. The van der Waals surface area contributed by atoms with E-state index in [-0.39, 0.29) is 55.0 Å². The fourth-order valence-electron chi connectivity index (χ4n) is 3.94. The molecule has 8 nitrogen and oxygen atoms in total. The normalized spacial score (nSPS) is 20.9. The second kappa shape index (κ2) is 9.54. The number of benzene rings is 1. The van der Waals surface area contributed by atoms with Gasteiger partial charge in [-0.15, -0.1) is 0 Å². The van der Waals surface area contributed by atoms with Gasteiger partial charge >= 0.3 is 0 Å². The quantitative estimate of drug-likeness (QED) is 0.645. The van der Waals surface area contributed by atoms with E-state index in [2.05, 4.69) is 10.6 Å². The number of rotatable bonds is 8. The van der Waals surface area contributed by atoms with Crippen LogP contribution >= 0.6 is 0 Å². The molecular weight excluding hydrogens is 374 g/mol. The average Bonchev–Trinajstić information content (AvgIpc) is 2.97. The summed E-state index contributed by atoms with van der Waals surface area (Å²) in [5, 5.41) is 5.21. The minimum absolute atomic E-state index is 0.00669. The van der Waals surface area contributed by atoms with E-state index in [4.69, 9.17) is 4.74 Å². The standard InChI is InChI=1S/C21H27N3O5/c1-2-29-15-9-7-14(8-10-15)23-19(26)13-22-18(25)11-12-24-20(27)16-5-3-4-6-17(16)21(24)28/h7-10,16-17H,2-6,11-13H2,1H3,(H,22,25)(H,23,26). The molecule has 1 aliphatic carbocycles. The van der Waals surface area contributed by atoms with Crippen LogP contribution in [0, 0.1) is 11.8 Å². The van der Waals surface area contributed by atoms with Crippen LogP contribution in [0.5, 0.6) is 5.75 Å². The fourth-order valence-corrected chi connectivity index (χ4v) is 3.94. The second-order valence-electron chi connectivity index (χ2n) is 7.36. The third-order valence-electron chi connectivity index (χ3n) is 5.39. The maximum atomic E-state index is 12.4. The Hall–Kier alpha value is -2.90. The summed E-state index contributed by atoms with van der Waals surface area (Å²) in [4.78, 5) is 50.0.